The van der Waals surface area contributed by atoms with Gasteiger partial charge in [-0.05, 0) is 12.1 Å². The molecule has 2 aromatic rings. The molecule has 16 heavy (non-hydrogen) atoms. The van der Waals surface area contributed by atoms with Gasteiger partial charge in [0, 0.05) is 18.9 Å². The van der Waals surface area contributed by atoms with Gasteiger partial charge in [-0.2, -0.15) is 0 Å². The maximum absolute atomic E-state index is 5.46. The van der Waals surface area contributed by atoms with Gasteiger partial charge in [-0.3, -0.25) is 4.98 Å². The molecule has 1 heterocycles. The molecule has 0 atom stereocenters. The van der Waals surface area contributed by atoms with Crippen LogP contribution in [0.1, 0.15) is 0 Å². The summed E-state index contributed by atoms with van der Waals surface area (Å²) in [5.74, 6) is 0.732. The maximum atomic E-state index is 5.46. The van der Waals surface area contributed by atoms with Crippen LogP contribution in [0.4, 0.5) is 0 Å². The zero-order chi connectivity index (χ0) is 11.2. The highest BCUT2D eigenvalue weighted by Gasteiger charge is 2.06. The average molecular weight is 215 g/mol. The van der Waals surface area contributed by atoms with Crippen LogP contribution in [0.25, 0.3) is 11.3 Å². The Bertz CT molecular complexity index is 443. The Morgan fingerprint density at radius 3 is 2.62 bits per heavy atom. The Hall–Kier alpha value is -1.87. The minimum absolute atomic E-state index is 0.228. The molecule has 1 aromatic carbocycles. The van der Waals surface area contributed by atoms with Gasteiger partial charge in [0.05, 0.1) is 0 Å². The topological polar surface area (TPSA) is 31.4 Å². The molecule has 0 aliphatic carbocycles. The summed E-state index contributed by atoms with van der Waals surface area (Å²) in [6, 6.07) is 13.7. The fourth-order valence-electron chi connectivity index (χ4n) is 1.44. The van der Waals surface area contributed by atoms with E-state index in [-0.39, 0.29) is 6.79 Å². The van der Waals surface area contributed by atoms with Crippen LogP contribution in [0.5, 0.6) is 5.75 Å². The van der Waals surface area contributed by atoms with Crippen molar-refractivity contribution in [3.8, 4) is 17.0 Å². The third kappa shape index (κ3) is 2.38. The first kappa shape index (κ1) is 10.6. The Kier molecular flexibility index (Phi) is 3.51. The largest absolute Gasteiger partial charge is 0.465 e. The first-order valence-electron chi connectivity index (χ1n) is 5.04. The van der Waals surface area contributed by atoms with Crippen molar-refractivity contribution in [3.05, 3.63) is 48.7 Å². The van der Waals surface area contributed by atoms with Crippen molar-refractivity contribution in [2.75, 3.05) is 13.9 Å². The first-order valence-corrected chi connectivity index (χ1v) is 5.04. The van der Waals surface area contributed by atoms with Crippen LogP contribution in [0.2, 0.25) is 0 Å². The van der Waals surface area contributed by atoms with Gasteiger partial charge in [-0.15, -0.1) is 0 Å². The van der Waals surface area contributed by atoms with Gasteiger partial charge in [-0.25, -0.2) is 0 Å². The molecule has 0 amide bonds. The highest BCUT2D eigenvalue weighted by molar-refractivity contribution is 5.65. The third-order valence-corrected chi connectivity index (χ3v) is 2.15. The lowest BCUT2D eigenvalue weighted by Gasteiger charge is -2.09. The average Bonchev–Trinajstić information content (AvgIpc) is 2.38. The van der Waals surface area contributed by atoms with Crippen molar-refractivity contribution < 1.29 is 9.47 Å². The molecule has 0 radical (unpaired) electrons. The van der Waals surface area contributed by atoms with Gasteiger partial charge in [0.15, 0.2) is 6.79 Å². The van der Waals surface area contributed by atoms with Gasteiger partial charge in [0.2, 0.25) is 0 Å². The summed E-state index contributed by atoms with van der Waals surface area (Å²) in [7, 11) is 1.60. The number of aromatic nitrogens is 1. The maximum Gasteiger partial charge on any atom is 0.188 e. The second-order valence-electron chi connectivity index (χ2n) is 3.27. The lowest BCUT2D eigenvalue weighted by atomic mass is 10.1. The number of benzene rings is 1. The SMILES string of the molecule is COCOc1cccnc1-c1ccccc1. The lowest BCUT2D eigenvalue weighted by Crippen LogP contribution is -2.00. The van der Waals surface area contributed by atoms with E-state index >= 15 is 0 Å². The van der Waals surface area contributed by atoms with Crippen molar-refractivity contribution in [1.29, 1.82) is 0 Å². The zero-order valence-corrected chi connectivity index (χ0v) is 9.09. The third-order valence-electron chi connectivity index (χ3n) is 2.15. The molecule has 0 aliphatic heterocycles. The van der Waals surface area contributed by atoms with Crippen molar-refractivity contribution >= 4 is 0 Å². The summed E-state index contributed by atoms with van der Waals surface area (Å²) < 4.78 is 10.3. The smallest absolute Gasteiger partial charge is 0.188 e. The van der Waals surface area contributed by atoms with E-state index in [1.807, 2.05) is 42.5 Å². The van der Waals surface area contributed by atoms with Gasteiger partial charge < -0.3 is 9.47 Å². The van der Waals surface area contributed by atoms with Crippen LogP contribution in [0.3, 0.4) is 0 Å². The molecular weight excluding hydrogens is 202 g/mol. The molecule has 0 saturated carbocycles. The summed E-state index contributed by atoms with van der Waals surface area (Å²) in [5.41, 5.74) is 1.87. The second-order valence-corrected chi connectivity index (χ2v) is 3.27. The molecule has 0 aliphatic rings. The number of hydrogen-bond acceptors (Lipinski definition) is 3. The van der Waals surface area contributed by atoms with Crippen LogP contribution in [0, 0.1) is 0 Å². The van der Waals surface area contributed by atoms with Crippen LogP contribution in [-0.4, -0.2) is 18.9 Å². The van der Waals surface area contributed by atoms with Crippen LogP contribution < -0.4 is 4.74 Å². The Labute approximate surface area is 94.7 Å². The molecule has 3 nitrogen and oxygen atoms in total. The number of nitrogens with zero attached hydrogens (tertiary/aromatic N) is 1. The quantitative estimate of drug-likeness (QED) is 0.735. The van der Waals surface area contributed by atoms with Crippen molar-refractivity contribution in [2.45, 2.75) is 0 Å². The van der Waals surface area contributed by atoms with E-state index in [4.69, 9.17) is 9.47 Å². The molecular formula is C13H13NO2. The molecule has 2 rings (SSSR count). The molecule has 0 N–H and O–H groups in total. The molecule has 3 heteroatoms. The fraction of sp³-hybridized carbons (Fsp3) is 0.154. The monoisotopic (exact) mass is 215 g/mol. The van der Waals surface area contributed by atoms with Crippen molar-refractivity contribution in [1.82, 2.24) is 4.98 Å². The number of ether oxygens (including phenoxy) is 2. The normalized spacial score (nSPS) is 10.1. The van der Waals surface area contributed by atoms with Crippen LogP contribution in [0.15, 0.2) is 48.7 Å². The van der Waals surface area contributed by atoms with Crippen molar-refractivity contribution in [2.24, 2.45) is 0 Å². The highest BCUT2D eigenvalue weighted by atomic mass is 16.7. The highest BCUT2D eigenvalue weighted by Crippen LogP contribution is 2.26. The molecule has 0 spiro atoms. The van der Waals surface area contributed by atoms with Gasteiger partial charge in [0.1, 0.15) is 11.4 Å². The van der Waals surface area contributed by atoms with Gasteiger partial charge in [-0.1, -0.05) is 30.3 Å². The number of methoxy groups -OCH3 is 1. The number of rotatable bonds is 4. The molecule has 0 bridgehead atoms. The van der Waals surface area contributed by atoms with Gasteiger partial charge in [0.25, 0.3) is 0 Å². The fourth-order valence-corrected chi connectivity index (χ4v) is 1.44. The van der Waals surface area contributed by atoms with E-state index in [1.165, 1.54) is 0 Å². The molecule has 1 aromatic heterocycles. The molecule has 82 valence electrons. The molecule has 0 unspecified atom stereocenters. The first-order chi connectivity index (χ1) is 7.92. The van der Waals surface area contributed by atoms with E-state index in [0.717, 1.165) is 17.0 Å². The predicted molar refractivity (Wildman–Crippen MR) is 62.2 cm³/mol. The zero-order valence-electron chi connectivity index (χ0n) is 9.09. The van der Waals surface area contributed by atoms with Gasteiger partial charge >= 0.3 is 0 Å². The van der Waals surface area contributed by atoms with Crippen LogP contribution in [-0.2, 0) is 4.74 Å². The van der Waals surface area contributed by atoms with Crippen molar-refractivity contribution in [3.63, 3.8) is 0 Å². The summed E-state index contributed by atoms with van der Waals surface area (Å²) in [4.78, 5) is 4.32. The molecule has 0 fully saturated rings. The summed E-state index contributed by atoms with van der Waals surface area (Å²) in [6.45, 7) is 0.228. The minimum Gasteiger partial charge on any atom is -0.465 e. The lowest BCUT2D eigenvalue weighted by molar-refractivity contribution is 0.0513. The van der Waals surface area contributed by atoms with E-state index in [9.17, 15) is 0 Å². The summed E-state index contributed by atoms with van der Waals surface area (Å²) in [6.07, 6.45) is 1.75. The second kappa shape index (κ2) is 5.28. The minimum atomic E-state index is 0.228. The van der Waals surface area contributed by atoms with E-state index in [0.29, 0.717) is 0 Å². The van der Waals surface area contributed by atoms with E-state index < -0.39 is 0 Å². The van der Waals surface area contributed by atoms with E-state index in [1.54, 1.807) is 13.3 Å². The number of hydrogen-bond donors (Lipinski definition) is 0. The number of pyridine rings is 1. The standard InChI is InChI=1S/C13H13NO2/c1-15-10-16-12-8-5-9-14-13(12)11-6-3-2-4-7-11/h2-9H,10H2,1H3. The van der Waals surface area contributed by atoms with E-state index in [2.05, 4.69) is 4.98 Å². The Morgan fingerprint density at radius 1 is 1.06 bits per heavy atom. The summed E-state index contributed by atoms with van der Waals surface area (Å²) >= 11 is 0. The Morgan fingerprint density at radius 2 is 1.88 bits per heavy atom. The van der Waals surface area contributed by atoms with Crippen LogP contribution >= 0.6 is 0 Å². The summed E-state index contributed by atoms with van der Waals surface area (Å²) in [5, 5.41) is 0. The predicted octanol–water partition coefficient (Wildman–Crippen LogP) is 2.73. The Balaban J connectivity index is 2.33. The molecule has 0 saturated heterocycles.